The van der Waals surface area contributed by atoms with Gasteiger partial charge in [-0.1, -0.05) is 121 Å². The minimum atomic E-state index is 0.644. The maximum absolute atomic E-state index is 5.10. The van der Waals surface area contributed by atoms with Crippen molar-refractivity contribution in [1.29, 1.82) is 0 Å². The third-order valence-corrected chi connectivity index (χ3v) is 9.15. The molecule has 10 rings (SSSR count). The summed E-state index contributed by atoms with van der Waals surface area (Å²) in [6, 6.07) is 51.2. The van der Waals surface area contributed by atoms with E-state index in [0.717, 1.165) is 22.4 Å². The van der Waals surface area contributed by atoms with Crippen molar-refractivity contribution in [2.75, 3.05) is 0 Å². The first-order valence-corrected chi connectivity index (χ1v) is 15.2. The number of aromatic nitrogens is 4. The molecule has 0 aliphatic carbocycles. The van der Waals surface area contributed by atoms with Crippen molar-refractivity contribution in [1.82, 2.24) is 19.5 Å². The molecule has 0 fully saturated rings. The predicted octanol–water partition coefficient (Wildman–Crippen LogP) is 10.3. The van der Waals surface area contributed by atoms with Crippen molar-refractivity contribution >= 4 is 54.1 Å². The van der Waals surface area contributed by atoms with E-state index in [1.165, 1.54) is 54.1 Å². The predicted molar refractivity (Wildman–Crippen MR) is 185 cm³/mol. The van der Waals surface area contributed by atoms with E-state index in [1.54, 1.807) is 0 Å². The fraction of sp³-hybridized carbons (Fsp3) is 0. The molecular weight excluding hydrogens is 548 g/mol. The summed E-state index contributed by atoms with van der Waals surface area (Å²) in [7, 11) is 0. The maximum Gasteiger partial charge on any atom is 0.166 e. The molecule has 0 amide bonds. The summed E-state index contributed by atoms with van der Waals surface area (Å²) >= 11 is 0. The van der Waals surface area contributed by atoms with Gasteiger partial charge in [0.05, 0.1) is 16.7 Å². The Hall–Kier alpha value is -6.13. The molecule has 0 spiro atoms. The van der Waals surface area contributed by atoms with E-state index >= 15 is 0 Å². The van der Waals surface area contributed by atoms with E-state index in [0.29, 0.717) is 17.5 Å². The maximum atomic E-state index is 5.10. The fourth-order valence-electron chi connectivity index (χ4n) is 7.24. The molecule has 10 aromatic rings. The number of nitrogens with zero attached hydrogens (tertiary/aromatic N) is 4. The number of hydrogen-bond acceptors (Lipinski definition) is 3. The highest BCUT2D eigenvalue weighted by molar-refractivity contribution is 6.40. The number of rotatable bonds is 4. The summed E-state index contributed by atoms with van der Waals surface area (Å²) in [6.45, 7) is 0. The van der Waals surface area contributed by atoms with Gasteiger partial charge in [0.2, 0.25) is 0 Å². The SMILES string of the molecule is c1ccc(-c2nc(-c3ccccc3)nc(-c3ccccc3-n3c4cccc5c6cccc7ccc8ccc3c(c8c76)c54)n2)cc1. The van der Waals surface area contributed by atoms with Gasteiger partial charge in [-0.05, 0) is 51.2 Å². The molecule has 0 saturated carbocycles. The molecule has 8 aromatic carbocycles. The molecule has 2 heterocycles. The molecule has 0 radical (unpaired) electrons. The molecule has 4 heteroatoms. The Bertz CT molecular complexity index is 2630. The van der Waals surface area contributed by atoms with Gasteiger partial charge in [-0.25, -0.2) is 15.0 Å². The summed E-state index contributed by atoms with van der Waals surface area (Å²) in [5.41, 5.74) is 6.26. The van der Waals surface area contributed by atoms with Gasteiger partial charge in [0.15, 0.2) is 17.5 Å². The minimum Gasteiger partial charge on any atom is -0.308 e. The number of hydrogen-bond donors (Lipinski definition) is 0. The quantitative estimate of drug-likeness (QED) is 0.156. The van der Waals surface area contributed by atoms with Crippen molar-refractivity contribution in [3.05, 3.63) is 146 Å². The summed E-state index contributed by atoms with van der Waals surface area (Å²) in [6.07, 6.45) is 0. The Labute approximate surface area is 258 Å². The van der Waals surface area contributed by atoms with E-state index in [9.17, 15) is 0 Å². The fourth-order valence-corrected chi connectivity index (χ4v) is 7.24. The third kappa shape index (κ3) is 3.45. The van der Waals surface area contributed by atoms with Gasteiger partial charge in [-0.2, -0.15) is 0 Å². The van der Waals surface area contributed by atoms with Crippen molar-refractivity contribution in [3.63, 3.8) is 0 Å². The van der Waals surface area contributed by atoms with E-state index in [4.69, 9.17) is 15.0 Å². The van der Waals surface area contributed by atoms with Gasteiger partial charge in [-0.15, -0.1) is 0 Å². The monoisotopic (exact) mass is 572 g/mol. The minimum absolute atomic E-state index is 0.644. The summed E-state index contributed by atoms with van der Waals surface area (Å²) < 4.78 is 2.40. The van der Waals surface area contributed by atoms with Crippen LogP contribution in [0.1, 0.15) is 0 Å². The molecular formula is C41H24N4. The zero-order chi connectivity index (χ0) is 29.5. The van der Waals surface area contributed by atoms with Crippen LogP contribution in [0.15, 0.2) is 146 Å². The standard InChI is InChI=1S/C41H24N4/c1-3-11-27(12-4-1)39-42-40(28-13-5-2-6-14-28)44-41(43-39)31-16-7-8-19-32(31)45-33-20-10-18-30-29-17-9-15-25-21-22-26-23-24-34(45)38(37(30)33)36(26)35(25)29/h1-24H. The Kier molecular flexibility index (Phi) is 4.96. The first-order valence-electron chi connectivity index (χ1n) is 15.2. The van der Waals surface area contributed by atoms with Gasteiger partial charge >= 0.3 is 0 Å². The highest BCUT2D eigenvalue weighted by Crippen LogP contribution is 2.47. The van der Waals surface area contributed by atoms with Crippen LogP contribution in [0.3, 0.4) is 0 Å². The van der Waals surface area contributed by atoms with Gasteiger partial charge in [0, 0.05) is 32.8 Å². The average molecular weight is 573 g/mol. The van der Waals surface area contributed by atoms with Crippen LogP contribution in [0, 0.1) is 0 Å². The van der Waals surface area contributed by atoms with Crippen LogP contribution in [0.4, 0.5) is 0 Å². The highest BCUT2D eigenvalue weighted by atomic mass is 15.1. The van der Waals surface area contributed by atoms with Crippen LogP contribution in [0.2, 0.25) is 0 Å². The molecule has 0 atom stereocenters. The lowest BCUT2D eigenvalue weighted by Gasteiger charge is -2.14. The van der Waals surface area contributed by atoms with Crippen LogP contribution < -0.4 is 0 Å². The van der Waals surface area contributed by atoms with Crippen molar-refractivity contribution in [3.8, 4) is 39.9 Å². The lowest BCUT2D eigenvalue weighted by atomic mass is 9.89. The molecule has 0 aliphatic rings. The topological polar surface area (TPSA) is 43.6 Å². The zero-order valence-corrected chi connectivity index (χ0v) is 24.1. The van der Waals surface area contributed by atoms with Crippen LogP contribution in [-0.4, -0.2) is 19.5 Å². The van der Waals surface area contributed by atoms with Crippen LogP contribution in [-0.2, 0) is 0 Å². The normalized spacial score (nSPS) is 12.0. The van der Waals surface area contributed by atoms with Gasteiger partial charge in [0.25, 0.3) is 0 Å². The van der Waals surface area contributed by atoms with Crippen LogP contribution in [0.5, 0.6) is 0 Å². The van der Waals surface area contributed by atoms with E-state index in [2.05, 4.69) is 89.5 Å². The molecule has 0 aliphatic heterocycles. The molecule has 0 saturated heterocycles. The summed E-state index contributed by atoms with van der Waals surface area (Å²) in [5.74, 6) is 1.95. The van der Waals surface area contributed by atoms with E-state index < -0.39 is 0 Å². The summed E-state index contributed by atoms with van der Waals surface area (Å²) in [5, 5.41) is 10.4. The van der Waals surface area contributed by atoms with Crippen molar-refractivity contribution in [2.24, 2.45) is 0 Å². The molecule has 2 aromatic heterocycles. The molecule has 208 valence electrons. The second-order valence-electron chi connectivity index (χ2n) is 11.6. The lowest BCUT2D eigenvalue weighted by molar-refractivity contribution is 1.06. The Morgan fingerprint density at radius 3 is 1.64 bits per heavy atom. The summed E-state index contributed by atoms with van der Waals surface area (Å²) in [4.78, 5) is 15.1. The second kappa shape index (κ2) is 9.18. The Morgan fingerprint density at radius 1 is 0.356 bits per heavy atom. The first-order chi connectivity index (χ1) is 22.3. The van der Waals surface area contributed by atoms with E-state index in [1.807, 2.05) is 60.7 Å². The molecule has 0 bridgehead atoms. The number of benzene rings is 8. The Morgan fingerprint density at radius 2 is 0.911 bits per heavy atom. The Balaban J connectivity index is 1.31. The zero-order valence-electron chi connectivity index (χ0n) is 24.1. The van der Waals surface area contributed by atoms with Gasteiger partial charge < -0.3 is 4.57 Å². The highest BCUT2D eigenvalue weighted by Gasteiger charge is 2.23. The molecule has 0 unspecified atom stereocenters. The lowest BCUT2D eigenvalue weighted by Crippen LogP contribution is -2.03. The number of fused-ring (bicyclic) bond motifs is 1. The average Bonchev–Trinajstić information content (AvgIpc) is 3.46. The van der Waals surface area contributed by atoms with Gasteiger partial charge in [-0.3, -0.25) is 0 Å². The van der Waals surface area contributed by atoms with Crippen molar-refractivity contribution < 1.29 is 0 Å². The first kappa shape index (κ1) is 24.3. The smallest absolute Gasteiger partial charge is 0.166 e. The third-order valence-electron chi connectivity index (χ3n) is 9.15. The van der Waals surface area contributed by atoms with Gasteiger partial charge in [0.1, 0.15) is 0 Å². The van der Waals surface area contributed by atoms with Crippen molar-refractivity contribution in [2.45, 2.75) is 0 Å². The second-order valence-corrected chi connectivity index (χ2v) is 11.6. The largest absolute Gasteiger partial charge is 0.308 e. The molecule has 45 heavy (non-hydrogen) atoms. The van der Waals surface area contributed by atoms with Crippen LogP contribution in [0.25, 0.3) is 94.0 Å². The molecule has 0 N–H and O–H groups in total. The molecule has 4 nitrogen and oxygen atoms in total. The van der Waals surface area contributed by atoms with Crippen LogP contribution >= 0.6 is 0 Å². The number of para-hydroxylation sites is 1. The van der Waals surface area contributed by atoms with E-state index in [-0.39, 0.29) is 0 Å².